The van der Waals surface area contributed by atoms with Gasteiger partial charge in [-0.1, -0.05) is 0 Å². The van der Waals surface area contributed by atoms with Crippen LogP contribution in [0.3, 0.4) is 0 Å². The van der Waals surface area contributed by atoms with Gasteiger partial charge in [0.05, 0.1) is 22.7 Å². The van der Waals surface area contributed by atoms with Gasteiger partial charge in [-0.3, -0.25) is 0 Å². The second-order valence-corrected chi connectivity index (χ2v) is 2.38. The molecule has 0 aromatic carbocycles. The SMILES string of the molecule is O=C([O-])C(Cl)C(Cl)C(=O)[O-].[Ag+].[Ag+]. The number of hydrogen-bond donors (Lipinski definition) is 0. The average molecular weight is 401 g/mol. The van der Waals surface area contributed by atoms with Crippen molar-refractivity contribution in [2.45, 2.75) is 10.8 Å². The van der Waals surface area contributed by atoms with E-state index in [9.17, 15) is 19.8 Å². The Hall–Kier alpha value is 1.00. The van der Waals surface area contributed by atoms with Crippen LogP contribution < -0.4 is 10.2 Å². The second kappa shape index (κ2) is 8.59. The van der Waals surface area contributed by atoms with Crippen LogP contribution in [0.2, 0.25) is 0 Å². The maximum Gasteiger partial charge on any atom is 1.00 e. The van der Waals surface area contributed by atoms with E-state index in [0.29, 0.717) is 0 Å². The molecule has 78 valence electrons. The molecule has 0 aliphatic rings. The smallest absolute Gasteiger partial charge is 0.548 e. The van der Waals surface area contributed by atoms with Crippen LogP contribution in [-0.2, 0) is 54.3 Å². The summed E-state index contributed by atoms with van der Waals surface area (Å²) in [6.45, 7) is 0. The van der Waals surface area contributed by atoms with E-state index < -0.39 is 22.7 Å². The van der Waals surface area contributed by atoms with E-state index in [2.05, 4.69) is 0 Å². The van der Waals surface area contributed by atoms with E-state index in [1.165, 1.54) is 0 Å². The largest absolute Gasteiger partial charge is 1.00 e. The number of carbonyl (C=O) groups is 2. The minimum atomic E-state index is -1.76. The second-order valence-electron chi connectivity index (χ2n) is 1.44. The van der Waals surface area contributed by atoms with Crippen LogP contribution in [0.5, 0.6) is 0 Å². The topological polar surface area (TPSA) is 80.3 Å². The number of carboxylic acids is 2. The third-order valence-corrected chi connectivity index (χ3v) is 1.70. The molecule has 0 aromatic heterocycles. The fourth-order valence-corrected chi connectivity index (χ4v) is 0.445. The van der Waals surface area contributed by atoms with Gasteiger partial charge in [-0.2, -0.15) is 0 Å². The zero-order chi connectivity index (χ0) is 8.31. The first-order valence-corrected chi connectivity index (χ1v) is 3.04. The molecule has 0 N–H and O–H groups in total. The van der Waals surface area contributed by atoms with Crippen molar-refractivity contribution < 1.29 is 64.6 Å². The van der Waals surface area contributed by atoms with Crippen LogP contribution in [0, 0.1) is 0 Å². The molecule has 0 aromatic rings. The van der Waals surface area contributed by atoms with Crippen LogP contribution in [0.25, 0.3) is 0 Å². The van der Waals surface area contributed by atoms with E-state index in [-0.39, 0.29) is 44.8 Å². The molecule has 12 heavy (non-hydrogen) atoms. The monoisotopic (exact) mass is 398 g/mol. The Bertz CT molecular complexity index is 147. The van der Waals surface area contributed by atoms with Crippen molar-refractivity contribution in [2.24, 2.45) is 0 Å². The third-order valence-electron chi connectivity index (χ3n) is 0.707. The molecule has 2 atom stereocenters. The maximum absolute atomic E-state index is 9.83. The third kappa shape index (κ3) is 6.51. The first-order valence-electron chi connectivity index (χ1n) is 2.16. The molecule has 0 fully saturated rings. The van der Waals surface area contributed by atoms with Crippen LogP contribution in [-0.4, -0.2) is 22.7 Å². The number of hydrogen-bond acceptors (Lipinski definition) is 4. The molecule has 0 heterocycles. The van der Waals surface area contributed by atoms with Gasteiger partial charge in [-0.05, 0) is 0 Å². The van der Waals surface area contributed by atoms with Gasteiger partial charge in [0, 0.05) is 0 Å². The summed E-state index contributed by atoms with van der Waals surface area (Å²) in [5.74, 6) is -3.46. The van der Waals surface area contributed by atoms with Crippen molar-refractivity contribution in [3.05, 3.63) is 0 Å². The molecular formula is C4H2Ag2Cl2O4. The van der Waals surface area contributed by atoms with Crippen LogP contribution in [0.4, 0.5) is 0 Å². The van der Waals surface area contributed by atoms with Crippen molar-refractivity contribution >= 4 is 35.1 Å². The molecule has 0 aliphatic carbocycles. The molecule has 0 saturated heterocycles. The minimum Gasteiger partial charge on any atom is -0.548 e. The van der Waals surface area contributed by atoms with Gasteiger partial charge in [0.25, 0.3) is 0 Å². The van der Waals surface area contributed by atoms with Crippen LogP contribution >= 0.6 is 23.2 Å². The molecule has 0 bridgehead atoms. The normalized spacial score (nSPS) is 13.2. The fraction of sp³-hybridized carbons (Fsp3) is 0.500. The molecule has 0 amide bonds. The molecule has 0 aliphatic heterocycles. The number of carboxylic acid groups (broad SMARTS) is 2. The number of halogens is 2. The van der Waals surface area contributed by atoms with Gasteiger partial charge >= 0.3 is 44.8 Å². The van der Waals surface area contributed by atoms with Crippen molar-refractivity contribution in [1.29, 1.82) is 0 Å². The summed E-state index contributed by atoms with van der Waals surface area (Å²) in [5.41, 5.74) is 0. The number of aliphatic carboxylic acids is 2. The molecule has 0 radical (unpaired) electrons. The van der Waals surface area contributed by atoms with Crippen LogP contribution in [0.15, 0.2) is 0 Å². The van der Waals surface area contributed by atoms with E-state index in [1.807, 2.05) is 0 Å². The Morgan fingerprint density at radius 3 is 1.17 bits per heavy atom. The van der Waals surface area contributed by atoms with Gasteiger partial charge in [-0.25, -0.2) is 0 Å². The molecule has 0 rings (SSSR count). The number of alkyl halides is 2. The van der Waals surface area contributed by atoms with E-state index >= 15 is 0 Å². The summed E-state index contributed by atoms with van der Waals surface area (Å²) < 4.78 is 0. The Balaban J connectivity index is -0.000000405. The van der Waals surface area contributed by atoms with E-state index in [4.69, 9.17) is 23.2 Å². The van der Waals surface area contributed by atoms with Gasteiger partial charge in [0.1, 0.15) is 0 Å². The zero-order valence-electron chi connectivity index (χ0n) is 5.15. The molecular weight excluding hydrogens is 399 g/mol. The molecule has 2 unspecified atom stereocenters. The average Bonchev–Trinajstić information content (AvgIpc) is 1.84. The summed E-state index contributed by atoms with van der Waals surface area (Å²) in [6.07, 6.45) is 0. The van der Waals surface area contributed by atoms with Crippen LogP contribution in [0.1, 0.15) is 0 Å². The Kier molecular flexibility index (Phi) is 13.4. The fourth-order valence-electron chi connectivity index (χ4n) is 0.239. The van der Waals surface area contributed by atoms with Gasteiger partial charge in [0.15, 0.2) is 0 Å². The quantitative estimate of drug-likeness (QED) is 0.394. The molecule has 8 heteroatoms. The van der Waals surface area contributed by atoms with Crippen molar-refractivity contribution in [3.63, 3.8) is 0 Å². The summed E-state index contributed by atoms with van der Waals surface area (Å²) >= 11 is 9.89. The summed E-state index contributed by atoms with van der Waals surface area (Å²) in [5, 5.41) is 16.1. The Morgan fingerprint density at radius 1 is 0.917 bits per heavy atom. The van der Waals surface area contributed by atoms with Gasteiger partial charge in [0.2, 0.25) is 0 Å². The van der Waals surface area contributed by atoms with E-state index in [1.54, 1.807) is 0 Å². The standard InChI is InChI=1S/C4H4Cl2O4.2Ag/c5-1(3(7)8)2(6)4(9)10;;/h1-2H,(H,7,8)(H,9,10);;/q;2*+1/p-2. The van der Waals surface area contributed by atoms with Gasteiger partial charge in [-0.15, -0.1) is 23.2 Å². The number of carbonyl (C=O) groups excluding carboxylic acids is 2. The van der Waals surface area contributed by atoms with Gasteiger partial charge < -0.3 is 19.8 Å². The van der Waals surface area contributed by atoms with Crippen molar-refractivity contribution in [3.8, 4) is 0 Å². The first-order chi connectivity index (χ1) is 4.46. The molecule has 4 nitrogen and oxygen atoms in total. The summed E-state index contributed by atoms with van der Waals surface area (Å²) in [6, 6.07) is 0. The Labute approximate surface area is 110 Å². The summed E-state index contributed by atoms with van der Waals surface area (Å²) in [7, 11) is 0. The van der Waals surface area contributed by atoms with Crippen molar-refractivity contribution in [1.82, 2.24) is 0 Å². The number of rotatable bonds is 3. The van der Waals surface area contributed by atoms with E-state index in [0.717, 1.165) is 0 Å². The minimum absolute atomic E-state index is 0. The zero-order valence-corrected chi connectivity index (χ0v) is 9.62. The summed E-state index contributed by atoms with van der Waals surface area (Å²) in [4.78, 5) is 19.7. The molecule has 0 spiro atoms. The Morgan fingerprint density at radius 2 is 1.08 bits per heavy atom. The maximum atomic E-state index is 9.83. The first kappa shape index (κ1) is 18.7. The predicted octanol–water partition coefficient (Wildman–Crippen LogP) is -2.30. The van der Waals surface area contributed by atoms with Crippen molar-refractivity contribution in [2.75, 3.05) is 0 Å². The predicted molar refractivity (Wildman–Crippen MR) is 29.3 cm³/mol. The molecule has 0 saturated carbocycles.